The molecule has 1 aromatic carbocycles. The SMILES string of the molecule is Cc1cccc(C(=O)NCc2cccc3c2C(=O)N(C2CCC(=O)NC2=O)C3=O)n1. The van der Waals surface area contributed by atoms with Gasteiger partial charge in [0.2, 0.25) is 11.8 Å². The summed E-state index contributed by atoms with van der Waals surface area (Å²) < 4.78 is 0. The molecule has 1 unspecified atom stereocenters. The van der Waals surface area contributed by atoms with Gasteiger partial charge in [0.15, 0.2) is 0 Å². The lowest BCUT2D eigenvalue weighted by Gasteiger charge is -2.27. The van der Waals surface area contributed by atoms with Gasteiger partial charge in [0.05, 0.1) is 11.1 Å². The second-order valence-electron chi connectivity index (χ2n) is 7.13. The van der Waals surface area contributed by atoms with Crippen LogP contribution in [0.4, 0.5) is 0 Å². The molecule has 0 radical (unpaired) electrons. The van der Waals surface area contributed by atoms with Crippen LogP contribution in [0.25, 0.3) is 0 Å². The van der Waals surface area contributed by atoms with Gasteiger partial charge < -0.3 is 5.32 Å². The van der Waals surface area contributed by atoms with E-state index in [0.717, 1.165) is 4.90 Å². The normalized spacial score (nSPS) is 18.3. The maximum atomic E-state index is 13.0. The van der Waals surface area contributed by atoms with Crippen molar-refractivity contribution in [1.82, 2.24) is 20.5 Å². The number of fused-ring (bicyclic) bond motifs is 1. The van der Waals surface area contributed by atoms with Gasteiger partial charge in [-0.05, 0) is 37.1 Å². The van der Waals surface area contributed by atoms with Crippen molar-refractivity contribution < 1.29 is 24.0 Å². The topological polar surface area (TPSA) is 126 Å². The fourth-order valence-corrected chi connectivity index (χ4v) is 3.67. The Morgan fingerprint density at radius 3 is 2.63 bits per heavy atom. The molecule has 3 heterocycles. The number of aryl methyl sites for hydroxylation is 1. The zero-order chi connectivity index (χ0) is 21.4. The first-order chi connectivity index (χ1) is 14.4. The fourth-order valence-electron chi connectivity index (χ4n) is 3.67. The van der Waals surface area contributed by atoms with Crippen LogP contribution in [0.2, 0.25) is 0 Å². The highest BCUT2D eigenvalue weighted by Gasteiger charge is 2.45. The number of nitrogens with one attached hydrogen (secondary N) is 2. The van der Waals surface area contributed by atoms with Crippen LogP contribution in [0.3, 0.4) is 0 Å². The molecule has 9 nitrogen and oxygen atoms in total. The lowest BCUT2D eigenvalue weighted by atomic mass is 10.0. The van der Waals surface area contributed by atoms with Gasteiger partial charge in [-0.2, -0.15) is 0 Å². The van der Waals surface area contributed by atoms with Gasteiger partial charge in [0, 0.05) is 18.7 Å². The average Bonchev–Trinajstić information content (AvgIpc) is 2.97. The van der Waals surface area contributed by atoms with E-state index in [1.165, 1.54) is 6.07 Å². The van der Waals surface area contributed by atoms with Crippen LogP contribution >= 0.6 is 0 Å². The molecule has 152 valence electrons. The first kappa shape index (κ1) is 19.4. The Balaban J connectivity index is 1.57. The van der Waals surface area contributed by atoms with Gasteiger partial charge in [-0.15, -0.1) is 0 Å². The van der Waals surface area contributed by atoms with E-state index in [1.807, 2.05) is 0 Å². The minimum absolute atomic E-state index is 0.0137. The number of pyridine rings is 1. The minimum Gasteiger partial charge on any atom is -0.347 e. The maximum Gasteiger partial charge on any atom is 0.270 e. The molecular weight excluding hydrogens is 388 g/mol. The number of benzene rings is 1. The van der Waals surface area contributed by atoms with Gasteiger partial charge in [-0.3, -0.25) is 34.2 Å². The number of rotatable bonds is 4. The molecule has 2 aromatic rings. The molecule has 0 saturated carbocycles. The number of piperidine rings is 1. The number of carbonyl (C=O) groups excluding carboxylic acids is 5. The molecule has 1 fully saturated rings. The second-order valence-corrected chi connectivity index (χ2v) is 7.13. The van der Waals surface area contributed by atoms with E-state index in [0.29, 0.717) is 11.3 Å². The van der Waals surface area contributed by atoms with Gasteiger partial charge in [0.25, 0.3) is 17.7 Å². The van der Waals surface area contributed by atoms with Crippen LogP contribution in [-0.2, 0) is 16.1 Å². The summed E-state index contributed by atoms with van der Waals surface area (Å²) in [6, 6.07) is 8.80. The smallest absolute Gasteiger partial charge is 0.270 e. The number of hydrogen-bond donors (Lipinski definition) is 2. The zero-order valence-corrected chi connectivity index (χ0v) is 16.1. The van der Waals surface area contributed by atoms with Crippen LogP contribution in [0.5, 0.6) is 0 Å². The van der Waals surface area contributed by atoms with Gasteiger partial charge in [-0.25, -0.2) is 4.98 Å². The predicted molar refractivity (Wildman–Crippen MR) is 103 cm³/mol. The summed E-state index contributed by atoms with van der Waals surface area (Å²) in [4.78, 5) is 66.9. The van der Waals surface area contributed by atoms with Crippen molar-refractivity contribution in [3.05, 3.63) is 64.5 Å². The Hall–Kier alpha value is -3.88. The summed E-state index contributed by atoms with van der Waals surface area (Å²) in [6.07, 6.45) is 0.136. The molecule has 2 aliphatic heterocycles. The van der Waals surface area contributed by atoms with E-state index >= 15 is 0 Å². The molecule has 5 amide bonds. The van der Waals surface area contributed by atoms with E-state index in [4.69, 9.17) is 0 Å². The molecule has 30 heavy (non-hydrogen) atoms. The first-order valence-corrected chi connectivity index (χ1v) is 9.42. The monoisotopic (exact) mass is 406 g/mol. The number of aromatic nitrogens is 1. The third kappa shape index (κ3) is 3.34. The number of imide groups is 2. The van der Waals surface area contributed by atoms with Crippen LogP contribution in [0.1, 0.15) is 55.3 Å². The molecule has 9 heteroatoms. The molecule has 2 N–H and O–H groups in total. The highest BCUT2D eigenvalue weighted by molar-refractivity contribution is 6.24. The fraction of sp³-hybridized carbons (Fsp3) is 0.238. The molecule has 1 atom stereocenters. The Bertz CT molecular complexity index is 1110. The molecule has 1 saturated heterocycles. The highest BCUT2D eigenvalue weighted by Crippen LogP contribution is 2.29. The van der Waals surface area contributed by atoms with Crippen molar-refractivity contribution in [2.45, 2.75) is 32.4 Å². The summed E-state index contributed by atoms with van der Waals surface area (Å²) in [7, 11) is 0. The van der Waals surface area contributed by atoms with Gasteiger partial charge >= 0.3 is 0 Å². The Morgan fingerprint density at radius 2 is 1.90 bits per heavy atom. The van der Waals surface area contributed by atoms with E-state index in [-0.39, 0.29) is 36.2 Å². The van der Waals surface area contributed by atoms with Crippen LogP contribution < -0.4 is 10.6 Å². The van der Waals surface area contributed by atoms with Crippen molar-refractivity contribution in [3.63, 3.8) is 0 Å². The van der Waals surface area contributed by atoms with Crippen molar-refractivity contribution in [3.8, 4) is 0 Å². The lowest BCUT2D eigenvalue weighted by Crippen LogP contribution is -2.54. The van der Waals surface area contributed by atoms with Crippen molar-refractivity contribution in [1.29, 1.82) is 0 Å². The highest BCUT2D eigenvalue weighted by atomic mass is 16.2. The molecule has 0 aliphatic carbocycles. The van der Waals surface area contributed by atoms with Crippen LogP contribution in [-0.4, -0.2) is 45.5 Å². The standard InChI is InChI=1S/C21H18N4O5/c1-11-4-2-7-14(23-11)18(27)22-10-12-5-3-6-13-17(12)21(30)25(20(13)29)15-8-9-16(26)24-19(15)28/h2-7,15H,8-10H2,1H3,(H,22,27)(H,24,26,28). The predicted octanol–water partition coefficient (Wildman–Crippen LogP) is 0.721. The third-order valence-electron chi connectivity index (χ3n) is 5.11. The molecule has 4 rings (SSSR count). The van der Waals surface area contributed by atoms with Crippen LogP contribution in [0.15, 0.2) is 36.4 Å². The summed E-state index contributed by atoms with van der Waals surface area (Å²) in [6.45, 7) is 1.79. The quantitative estimate of drug-likeness (QED) is 0.721. The molecule has 1 aromatic heterocycles. The second kappa shape index (κ2) is 7.51. The average molecular weight is 406 g/mol. The summed E-state index contributed by atoms with van der Waals surface area (Å²) >= 11 is 0. The van der Waals surface area contributed by atoms with Crippen molar-refractivity contribution in [2.24, 2.45) is 0 Å². The molecule has 0 bridgehead atoms. The van der Waals surface area contributed by atoms with E-state index < -0.39 is 35.6 Å². The first-order valence-electron chi connectivity index (χ1n) is 9.42. The summed E-state index contributed by atoms with van der Waals surface area (Å²) in [5.41, 5.74) is 1.73. The van der Waals surface area contributed by atoms with E-state index in [2.05, 4.69) is 15.6 Å². The molecule has 2 aliphatic rings. The van der Waals surface area contributed by atoms with E-state index in [9.17, 15) is 24.0 Å². The lowest BCUT2D eigenvalue weighted by molar-refractivity contribution is -0.136. The Kier molecular flexibility index (Phi) is 4.86. The Morgan fingerprint density at radius 1 is 1.13 bits per heavy atom. The van der Waals surface area contributed by atoms with Crippen molar-refractivity contribution in [2.75, 3.05) is 0 Å². The third-order valence-corrected chi connectivity index (χ3v) is 5.11. The summed E-state index contributed by atoms with van der Waals surface area (Å²) in [5.74, 6) is -2.70. The molecular formula is C21H18N4O5. The number of amides is 5. The van der Waals surface area contributed by atoms with Gasteiger partial charge in [-0.1, -0.05) is 18.2 Å². The van der Waals surface area contributed by atoms with Crippen molar-refractivity contribution >= 4 is 29.5 Å². The van der Waals surface area contributed by atoms with E-state index in [1.54, 1.807) is 37.3 Å². The number of carbonyl (C=O) groups is 5. The minimum atomic E-state index is -1.03. The number of nitrogens with zero attached hydrogens (tertiary/aromatic N) is 2. The molecule has 0 spiro atoms. The Labute approximate surface area is 171 Å². The largest absolute Gasteiger partial charge is 0.347 e. The number of hydrogen-bond acceptors (Lipinski definition) is 6. The zero-order valence-electron chi connectivity index (χ0n) is 16.1. The summed E-state index contributed by atoms with van der Waals surface area (Å²) in [5, 5.41) is 4.87. The van der Waals surface area contributed by atoms with Gasteiger partial charge in [0.1, 0.15) is 11.7 Å². The van der Waals surface area contributed by atoms with Crippen LogP contribution in [0, 0.1) is 6.92 Å². The maximum absolute atomic E-state index is 13.0.